The van der Waals surface area contributed by atoms with Gasteiger partial charge >= 0.3 is 0 Å². The summed E-state index contributed by atoms with van der Waals surface area (Å²) in [4.78, 5) is 11.7. The number of nitrogen functional groups attached to an aromatic ring is 1. The predicted octanol–water partition coefficient (Wildman–Crippen LogP) is 1.99. The number of hydrogen-bond acceptors (Lipinski definition) is 3. The van der Waals surface area contributed by atoms with Gasteiger partial charge < -0.3 is 15.8 Å². The Morgan fingerprint density at radius 3 is 2.84 bits per heavy atom. The molecule has 0 heterocycles. The quantitative estimate of drug-likeness (QED) is 0.557. The lowest BCUT2D eigenvalue weighted by atomic mass is 10.1. The molecule has 0 radical (unpaired) electrons. The summed E-state index contributed by atoms with van der Waals surface area (Å²) >= 11 is 0. The van der Waals surface area contributed by atoms with Crippen LogP contribution in [0.4, 0.5) is 5.69 Å². The molecule has 0 saturated heterocycles. The molecule has 106 valence electrons. The molecule has 0 aliphatic carbocycles. The van der Waals surface area contributed by atoms with Crippen molar-refractivity contribution >= 4 is 11.6 Å². The van der Waals surface area contributed by atoms with Crippen molar-refractivity contribution in [1.82, 2.24) is 5.32 Å². The number of nitrogens with one attached hydrogen (secondary N) is 1. The number of rotatable bonds is 8. The minimum absolute atomic E-state index is 0.00180. The largest absolute Gasteiger partial charge is 0.399 e. The van der Waals surface area contributed by atoms with Gasteiger partial charge in [0.15, 0.2) is 0 Å². The average molecular weight is 264 g/mol. The van der Waals surface area contributed by atoms with Gasteiger partial charge in [0.25, 0.3) is 0 Å². The molecule has 0 unspecified atom stereocenters. The van der Waals surface area contributed by atoms with E-state index in [9.17, 15) is 4.79 Å². The summed E-state index contributed by atoms with van der Waals surface area (Å²) in [6, 6.07) is 7.38. The number of carbonyl (C=O) groups is 1. The van der Waals surface area contributed by atoms with Crippen LogP contribution in [-0.4, -0.2) is 25.7 Å². The molecule has 0 aromatic heterocycles. The zero-order chi connectivity index (χ0) is 14.1. The van der Waals surface area contributed by atoms with Crippen LogP contribution in [0, 0.1) is 5.92 Å². The maximum Gasteiger partial charge on any atom is 0.224 e. The standard InChI is InChI=1S/C15H24N2O2/c1-12(2)6-8-19-9-7-17-15(18)11-13-4-3-5-14(16)10-13/h3-5,10,12H,6-9,11,16H2,1-2H3,(H,17,18). The number of benzene rings is 1. The lowest BCUT2D eigenvalue weighted by Crippen LogP contribution is -2.28. The van der Waals surface area contributed by atoms with Crippen molar-refractivity contribution in [3.63, 3.8) is 0 Å². The molecule has 0 atom stereocenters. The van der Waals surface area contributed by atoms with Crippen molar-refractivity contribution < 1.29 is 9.53 Å². The number of amides is 1. The Bertz CT molecular complexity index is 391. The van der Waals surface area contributed by atoms with Crippen LogP contribution in [0.2, 0.25) is 0 Å². The van der Waals surface area contributed by atoms with Gasteiger partial charge in [0.2, 0.25) is 5.91 Å². The van der Waals surface area contributed by atoms with Crippen LogP contribution in [0.3, 0.4) is 0 Å². The minimum atomic E-state index is -0.00180. The molecule has 1 amide bonds. The maximum absolute atomic E-state index is 11.7. The van der Waals surface area contributed by atoms with E-state index in [4.69, 9.17) is 10.5 Å². The lowest BCUT2D eigenvalue weighted by Gasteiger charge is -2.08. The molecular weight excluding hydrogens is 240 g/mol. The number of nitrogens with two attached hydrogens (primary N) is 1. The maximum atomic E-state index is 11.7. The Labute approximate surface area is 115 Å². The van der Waals surface area contributed by atoms with Crippen LogP contribution in [-0.2, 0) is 16.0 Å². The van der Waals surface area contributed by atoms with E-state index >= 15 is 0 Å². The number of carbonyl (C=O) groups excluding carboxylic acids is 1. The molecule has 0 spiro atoms. The molecule has 0 saturated carbocycles. The molecule has 1 aromatic rings. The van der Waals surface area contributed by atoms with E-state index < -0.39 is 0 Å². The van der Waals surface area contributed by atoms with Crippen LogP contribution in [0.15, 0.2) is 24.3 Å². The second-order valence-corrected chi connectivity index (χ2v) is 5.07. The summed E-state index contributed by atoms with van der Waals surface area (Å²) in [6.45, 7) is 6.20. The molecule has 0 aliphatic heterocycles. The highest BCUT2D eigenvalue weighted by molar-refractivity contribution is 5.78. The zero-order valence-corrected chi connectivity index (χ0v) is 11.8. The third kappa shape index (κ3) is 7.47. The first kappa shape index (κ1) is 15.5. The summed E-state index contributed by atoms with van der Waals surface area (Å²) in [6.07, 6.45) is 1.41. The second kappa shape index (κ2) is 8.53. The van der Waals surface area contributed by atoms with Crippen LogP contribution in [0.5, 0.6) is 0 Å². The van der Waals surface area contributed by atoms with Crippen LogP contribution < -0.4 is 11.1 Å². The number of hydrogen-bond donors (Lipinski definition) is 2. The van der Waals surface area contributed by atoms with E-state index in [-0.39, 0.29) is 5.91 Å². The highest BCUT2D eigenvalue weighted by Gasteiger charge is 2.03. The Morgan fingerprint density at radius 1 is 1.37 bits per heavy atom. The van der Waals surface area contributed by atoms with Crippen molar-refractivity contribution in [2.75, 3.05) is 25.5 Å². The van der Waals surface area contributed by atoms with Gasteiger partial charge in [-0.1, -0.05) is 26.0 Å². The topological polar surface area (TPSA) is 64.3 Å². The Morgan fingerprint density at radius 2 is 2.16 bits per heavy atom. The predicted molar refractivity (Wildman–Crippen MR) is 77.8 cm³/mol. The summed E-state index contributed by atoms with van der Waals surface area (Å²) < 4.78 is 5.43. The second-order valence-electron chi connectivity index (χ2n) is 5.07. The van der Waals surface area contributed by atoms with Crippen molar-refractivity contribution in [2.45, 2.75) is 26.7 Å². The van der Waals surface area contributed by atoms with Gasteiger partial charge in [-0.15, -0.1) is 0 Å². The van der Waals surface area contributed by atoms with Crippen molar-refractivity contribution in [1.29, 1.82) is 0 Å². The van der Waals surface area contributed by atoms with Crippen LogP contribution in [0.1, 0.15) is 25.8 Å². The molecule has 4 heteroatoms. The molecule has 4 nitrogen and oxygen atoms in total. The minimum Gasteiger partial charge on any atom is -0.399 e. The fourth-order valence-corrected chi connectivity index (χ4v) is 1.63. The van der Waals surface area contributed by atoms with Crippen molar-refractivity contribution in [2.24, 2.45) is 5.92 Å². The first-order valence-electron chi connectivity index (χ1n) is 6.77. The SMILES string of the molecule is CC(C)CCOCCNC(=O)Cc1cccc(N)c1. The molecule has 1 rings (SSSR count). The molecule has 1 aromatic carbocycles. The smallest absolute Gasteiger partial charge is 0.224 e. The normalized spacial score (nSPS) is 10.7. The monoisotopic (exact) mass is 264 g/mol. The lowest BCUT2D eigenvalue weighted by molar-refractivity contribution is -0.120. The molecule has 0 bridgehead atoms. The average Bonchev–Trinajstić information content (AvgIpc) is 2.33. The first-order valence-corrected chi connectivity index (χ1v) is 6.77. The van der Waals surface area contributed by atoms with Gasteiger partial charge in [0.05, 0.1) is 13.0 Å². The highest BCUT2D eigenvalue weighted by Crippen LogP contribution is 2.06. The number of ether oxygens (including phenoxy) is 1. The fraction of sp³-hybridized carbons (Fsp3) is 0.533. The molecule has 19 heavy (non-hydrogen) atoms. The van der Waals surface area contributed by atoms with Gasteiger partial charge in [-0.3, -0.25) is 4.79 Å². The third-order valence-corrected chi connectivity index (χ3v) is 2.72. The van der Waals surface area contributed by atoms with Gasteiger partial charge in [0.1, 0.15) is 0 Å². The summed E-state index contributed by atoms with van der Waals surface area (Å²) in [7, 11) is 0. The van der Waals surface area contributed by atoms with E-state index in [2.05, 4.69) is 19.2 Å². The highest BCUT2D eigenvalue weighted by atomic mass is 16.5. The summed E-state index contributed by atoms with van der Waals surface area (Å²) in [5.41, 5.74) is 7.27. The van der Waals surface area contributed by atoms with E-state index in [0.717, 1.165) is 18.6 Å². The van der Waals surface area contributed by atoms with Gasteiger partial charge in [-0.25, -0.2) is 0 Å². The Hall–Kier alpha value is -1.55. The third-order valence-electron chi connectivity index (χ3n) is 2.72. The van der Waals surface area contributed by atoms with Crippen molar-refractivity contribution in [3.05, 3.63) is 29.8 Å². The van der Waals surface area contributed by atoms with Crippen LogP contribution >= 0.6 is 0 Å². The van der Waals surface area contributed by atoms with E-state index in [0.29, 0.717) is 31.2 Å². The molecule has 3 N–H and O–H groups in total. The summed E-state index contributed by atoms with van der Waals surface area (Å²) in [5, 5.41) is 2.83. The van der Waals surface area contributed by atoms with E-state index in [1.165, 1.54) is 0 Å². The van der Waals surface area contributed by atoms with Gasteiger partial charge in [0, 0.05) is 18.8 Å². The molecule has 0 fully saturated rings. The summed E-state index contributed by atoms with van der Waals surface area (Å²) in [5.74, 6) is 0.649. The van der Waals surface area contributed by atoms with Crippen molar-refractivity contribution in [3.8, 4) is 0 Å². The molecule has 0 aliphatic rings. The first-order chi connectivity index (χ1) is 9.08. The van der Waals surface area contributed by atoms with Crippen LogP contribution in [0.25, 0.3) is 0 Å². The van der Waals surface area contributed by atoms with Gasteiger partial charge in [-0.05, 0) is 30.0 Å². The number of anilines is 1. The Balaban J connectivity index is 2.11. The fourth-order valence-electron chi connectivity index (χ4n) is 1.63. The van der Waals surface area contributed by atoms with E-state index in [1.54, 1.807) is 0 Å². The molecular formula is C15H24N2O2. The van der Waals surface area contributed by atoms with E-state index in [1.807, 2.05) is 24.3 Å². The van der Waals surface area contributed by atoms with Gasteiger partial charge in [-0.2, -0.15) is 0 Å². The zero-order valence-electron chi connectivity index (χ0n) is 11.8. The Kier molecular flexibility index (Phi) is 6.97.